The highest BCUT2D eigenvalue weighted by molar-refractivity contribution is 7.12. The summed E-state index contributed by atoms with van der Waals surface area (Å²) in [6, 6.07) is 8.43. The molecule has 0 saturated carbocycles. The number of aryl methyl sites for hydroxylation is 2. The van der Waals surface area contributed by atoms with Crippen molar-refractivity contribution in [2.45, 2.75) is 27.2 Å². The van der Waals surface area contributed by atoms with Crippen LogP contribution in [0.5, 0.6) is 0 Å². The van der Waals surface area contributed by atoms with Crippen molar-refractivity contribution in [2.24, 2.45) is 0 Å². The average molecular weight is 367 g/mol. The third-order valence-electron chi connectivity index (χ3n) is 5.07. The Morgan fingerprint density at radius 1 is 1.15 bits per heavy atom. The topological polar surface area (TPSA) is 23.6 Å². The molecule has 1 saturated heterocycles. The first-order chi connectivity index (χ1) is 12.3. The van der Waals surface area contributed by atoms with Gasteiger partial charge >= 0.3 is 0 Å². The number of hydrogen-bond donors (Lipinski definition) is 0. The summed E-state index contributed by atoms with van der Waals surface area (Å²) in [6.07, 6.45) is 2.99. The molecule has 4 heteroatoms. The van der Waals surface area contributed by atoms with Crippen LogP contribution < -0.4 is 4.90 Å². The van der Waals surface area contributed by atoms with Gasteiger partial charge in [0, 0.05) is 41.8 Å². The number of allylic oxidation sites excluding steroid dienone is 1. The van der Waals surface area contributed by atoms with Gasteiger partial charge in [-0.05, 0) is 62.1 Å². The van der Waals surface area contributed by atoms with Gasteiger partial charge in [-0.3, -0.25) is 4.79 Å². The van der Waals surface area contributed by atoms with Crippen LogP contribution in [0.4, 0.5) is 5.69 Å². The SMILES string of the molecule is C=C1/C(=C/c2ccc(N(C)C)cc2)CCN1C(=O)c1c(C)sc(C)c1C. The molecule has 2 aromatic rings. The predicted molar refractivity (Wildman–Crippen MR) is 112 cm³/mol. The lowest BCUT2D eigenvalue weighted by Gasteiger charge is -2.18. The van der Waals surface area contributed by atoms with Crippen LogP contribution in [-0.4, -0.2) is 31.4 Å². The fraction of sp³-hybridized carbons (Fsp3) is 0.318. The van der Waals surface area contributed by atoms with Gasteiger partial charge in [-0.1, -0.05) is 18.7 Å². The molecule has 1 fully saturated rings. The summed E-state index contributed by atoms with van der Waals surface area (Å²) >= 11 is 1.70. The maximum absolute atomic E-state index is 13.1. The Hall–Kier alpha value is -2.33. The molecular formula is C22H26N2OS. The van der Waals surface area contributed by atoms with Gasteiger partial charge < -0.3 is 9.80 Å². The summed E-state index contributed by atoms with van der Waals surface area (Å²) in [6.45, 7) is 11.0. The number of amides is 1. The summed E-state index contributed by atoms with van der Waals surface area (Å²) < 4.78 is 0. The molecule has 1 aromatic heterocycles. The third kappa shape index (κ3) is 3.34. The Kier molecular flexibility index (Phi) is 5.05. The molecule has 3 nitrogen and oxygen atoms in total. The van der Waals surface area contributed by atoms with Crippen LogP contribution in [0.1, 0.15) is 37.7 Å². The minimum atomic E-state index is 0.0840. The third-order valence-corrected chi connectivity index (χ3v) is 6.19. The molecule has 1 aliphatic rings. The number of anilines is 1. The lowest BCUT2D eigenvalue weighted by Crippen LogP contribution is -2.26. The Morgan fingerprint density at radius 2 is 1.81 bits per heavy atom. The van der Waals surface area contributed by atoms with E-state index >= 15 is 0 Å². The van der Waals surface area contributed by atoms with Gasteiger partial charge in [0.2, 0.25) is 0 Å². The summed E-state index contributed by atoms with van der Waals surface area (Å²) in [5, 5.41) is 0. The molecule has 0 aliphatic carbocycles. The van der Waals surface area contributed by atoms with Crippen molar-refractivity contribution >= 4 is 29.0 Å². The summed E-state index contributed by atoms with van der Waals surface area (Å²) in [5.74, 6) is 0.0840. The number of hydrogen-bond acceptors (Lipinski definition) is 3. The Labute approximate surface area is 160 Å². The molecule has 0 radical (unpaired) electrons. The van der Waals surface area contributed by atoms with Crippen LogP contribution in [0.2, 0.25) is 0 Å². The van der Waals surface area contributed by atoms with Crippen molar-refractivity contribution in [2.75, 3.05) is 25.5 Å². The van der Waals surface area contributed by atoms with Gasteiger partial charge in [-0.25, -0.2) is 0 Å². The van der Waals surface area contributed by atoms with Crippen molar-refractivity contribution in [3.63, 3.8) is 0 Å². The van der Waals surface area contributed by atoms with E-state index < -0.39 is 0 Å². The van der Waals surface area contributed by atoms with Crippen molar-refractivity contribution in [1.82, 2.24) is 4.90 Å². The van der Waals surface area contributed by atoms with Crippen LogP contribution in [-0.2, 0) is 0 Å². The van der Waals surface area contributed by atoms with Crippen LogP contribution in [0.3, 0.4) is 0 Å². The van der Waals surface area contributed by atoms with Gasteiger partial charge in [-0.15, -0.1) is 11.3 Å². The number of nitrogens with zero attached hydrogens (tertiary/aromatic N) is 2. The van der Waals surface area contributed by atoms with Gasteiger partial charge in [0.1, 0.15) is 0 Å². The standard InChI is InChI=1S/C22H26N2OS/c1-14-16(3)26-17(4)21(14)22(25)24-12-11-19(15(24)2)13-18-7-9-20(10-8-18)23(5)6/h7-10,13H,2,11-12H2,1,3-6H3/b19-13+. The van der Waals surface area contributed by atoms with E-state index in [4.69, 9.17) is 0 Å². The minimum Gasteiger partial charge on any atom is -0.378 e. The summed E-state index contributed by atoms with van der Waals surface area (Å²) in [4.78, 5) is 19.3. The van der Waals surface area contributed by atoms with Crippen molar-refractivity contribution in [1.29, 1.82) is 0 Å². The lowest BCUT2D eigenvalue weighted by atomic mass is 10.1. The fourth-order valence-corrected chi connectivity index (χ4v) is 4.43. The normalized spacial score (nSPS) is 15.8. The van der Waals surface area contributed by atoms with Crippen LogP contribution in [0, 0.1) is 20.8 Å². The van der Waals surface area contributed by atoms with Crippen molar-refractivity contribution < 1.29 is 4.79 Å². The van der Waals surface area contributed by atoms with Gasteiger partial charge in [-0.2, -0.15) is 0 Å². The van der Waals surface area contributed by atoms with E-state index in [0.717, 1.165) is 39.3 Å². The molecule has 136 valence electrons. The Balaban J connectivity index is 1.82. The molecule has 0 unspecified atom stereocenters. The highest BCUT2D eigenvalue weighted by atomic mass is 32.1. The maximum atomic E-state index is 13.1. The van der Waals surface area contributed by atoms with E-state index in [0.29, 0.717) is 6.54 Å². The van der Waals surface area contributed by atoms with E-state index in [1.54, 1.807) is 11.3 Å². The predicted octanol–water partition coefficient (Wildman–Crippen LogP) is 5.18. The van der Waals surface area contributed by atoms with Gasteiger partial charge in [0.05, 0.1) is 5.56 Å². The van der Waals surface area contributed by atoms with Gasteiger partial charge in [0.15, 0.2) is 0 Å². The molecule has 1 aromatic carbocycles. The second kappa shape index (κ2) is 7.12. The molecule has 1 amide bonds. The van der Waals surface area contributed by atoms with E-state index in [2.05, 4.69) is 48.7 Å². The molecular weight excluding hydrogens is 340 g/mol. The molecule has 0 spiro atoms. The number of thiophene rings is 1. The summed E-state index contributed by atoms with van der Waals surface area (Å²) in [7, 11) is 4.07. The van der Waals surface area contributed by atoms with Crippen molar-refractivity contribution in [3.05, 3.63) is 68.6 Å². The molecule has 3 rings (SSSR count). The zero-order valence-electron chi connectivity index (χ0n) is 16.2. The molecule has 0 bridgehead atoms. The largest absolute Gasteiger partial charge is 0.378 e. The van der Waals surface area contributed by atoms with Crippen LogP contribution in [0.25, 0.3) is 6.08 Å². The highest BCUT2D eigenvalue weighted by Gasteiger charge is 2.29. The molecule has 1 aliphatic heterocycles. The zero-order valence-corrected chi connectivity index (χ0v) is 17.0. The molecule has 2 heterocycles. The first-order valence-electron chi connectivity index (χ1n) is 8.85. The number of carbonyl (C=O) groups is 1. The van der Waals surface area contributed by atoms with Crippen LogP contribution >= 0.6 is 11.3 Å². The molecule has 26 heavy (non-hydrogen) atoms. The second-order valence-electron chi connectivity index (χ2n) is 7.02. The van der Waals surface area contributed by atoms with E-state index in [-0.39, 0.29) is 5.91 Å². The van der Waals surface area contributed by atoms with E-state index in [1.165, 1.54) is 10.6 Å². The van der Waals surface area contributed by atoms with Crippen molar-refractivity contribution in [3.8, 4) is 0 Å². The number of likely N-dealkylation sites (tertiary alicyclic amines) is 1. The number of carbonyl (C=O) groups excluding carboxylic acids is 1. The van der Waals surface area contributed by atoms with E-state index in [9.17, 15) is 4.79 Å². The van der Waals surface area contributed by atoms with Gasteiger partial charge in [0.25, 0.3) is 5.91 Å². The lowest BCUT2D eigenvalue weighted by molar-refractivity contribution is 0.0826. The van der Waals surface area contributed by atoms with E-state index in [1.807, 2.05) is 32.8 Å². The van der Waals surface area contributed by atoms with Crippen LogP contribution in [0.15, 0.2) is 42.1 Å². The zero-order chi connectivity index (χ0) is 19.0. The Bertz CT molecular complexity index is 888. The molecule has 0 atom stereocenters. The Morgan fingerprint density at radius 3 is 2.35 bits per heavy atom. The average Bonchev–Trinajstić information content (AvgIpc) is 3.07. The number of benzene rings is 1. The molecule has 0 N–H and O–H groups in total. The smallest absolute Gasteiger partial charge is 0.259 e. The fourth-order valence-electron chi connectivity index (χ4n) is 3.38. The first kappa shape index (κ1) is 18.5. The maximum Gasteiger partial charge on any atom is 0.259 e. The second-order valence-corrected chi connectivity index (χ2v) is 8.45. The quantitative estimate of drug-likeness (QED) is 0.747. The number of rotatable bonds is 3. The first-order valence-corrected chi connectivity index (χ1v) is 9.67. The monoisotopic (exact) mass is 366 g/mol. The minimum absolute atomic E-state index is 0.0840. The summed E-state index contributed by atoms with van der Waals surface area (Å²) in [5.41, 5.74) is 6.23. The highest BCUT2D eigenvalue weighted by Crippen LogP contribution is 2.33.